The normalized spacial score (nSPS) is 12.9. The standard InChI is InChI=1S/C11H13NO3/c12-7-11(10-4-2-6-14-10)15-8-9-3-1-5-13-9/h1-6,11H,7-8,12H2. The summed E-state index contributed by atoms with van der Waals surface area (Å²) in [6.07, 6.45) is 3.00. The number of hydrogen-bond acceptors (Lipinski definition) is 4. The van der Waals surface area contributed by atoms with Crippen molar-refractivity contribution < 1.29 is 13.6 Å². The topological polar surface area (TPSA) is 61.5 Å². The zero-order valence-electron chi connectivity index (χ0n) is 8.26. The van der Waals surface area contributed by atoms with Crippen molar-refractivity contribution in [3.63, 3.8) is 0 Å². The molecule has 0 bridgehead atoms. The van der Waals surface area contributed by atoms with E-state index in [0.29, 0.717) is 13.2 Å². The summed E-state index contributed by atoms with van der Waals surface area (Å²) < 4.78 is 15.9. The summed E-state index contributed by atoms with van der Waals surface area (Å²) in [7, 11) is 0. The molecule has 0 radical (unpaired) electrons. The fourth-order valence-corrected chi connectivity index (χ4v) is 1.32. The van der Waals surface area contributed by atoms with Gasteiger partial charge in [0.15, 0.2) is 0 Å². The molecule has 2 heterocycles. The molecule has 0 aliphatic carbocycles. The van der Waals surface area contributed by atoms with E-state index >= 15 is 0 Å². The lowest BCUT2D eigenvalue weighted by atomic mass is 10.3. The molecule has 2 aromatic heterocycles. The summed E-state index contributed by atoms with van der Waals surface area (Å²) in [4.78, 5) is 0. The smallest absolute Gasteiger partial charge is 0.133 e. The molecule has 0 amide bonds. The Morgan fingerprint density at radius 1 is 1.20 bits per heavy atom. The van der Waals surface area contributed by atoms with Crippen LogP contribution in [-0.2, 0) is 11.3 Å². The van der Waals surface area contributed by atoms with Crippen molar-refractivity contribution in [3.8, 4) is 0 Å². The van der Waals surface area contributed by atoms with E-state index in [9.17, 15) is 0 Å². The minimum Gasteiger partial charge on any atom is -0.467 e. The van der Waals surface area contributed by atoms with E-state index in [4.69, 9.17) is 19.3 Å². The molecule has 0 spiro atoms. The lowest BCUT2D eigenvalue weighted by molar-refractivity contribution is 0.0223. The molecule has 1 unspecified atom stereocenters. The summed E-state index contributed by atoms with van der Waals surface area (Å²) in [5, 5.41) is 0. The summed E-state index contributed by atoms with van der Waals surface area (Å²) in [6.45, 7) is 0.782. The molecular formula is C11H13NO3. The van der Waals surface area contributed by atoms with Gasteiger partial charge in [0.2, 0.25) is 0 Å². The number of rotatable bonds is 5. The van der Waals surface area contributed by atoms with Crippen LogP contribution in [0.15, 0.2) is 45.6 Å². The SMILES string of the molecule is NCC(OCc1ccco1)c1ccco1. The molecule has 0 fully saturated rings. The summed E-state index contributed by atoms with van der Waals surface area (Å²) >= 11 is 0. The van der Waals surface area contributed by atoms with E-state index in [0.717, 1.165) is 11.5 Å². The van der Waals surface area contributed by atoms with Gasteiger partial charge in [0.25, 0.3) is 0 Å². The Morgan fingerprint density at radius 3 is 2.60 bits per heavy atom. The van der Waals surface area contributed by atoms with Gasteiger partial charge >= 0.3 is 0 Å². The van der Waals surface area contributed by atoms with Gasteiger partial charge in [-0.1, -0.05) is 0 Å². The Balaban J connectivity index is 1.92. The molecule has 2 N–H and O–H groups in total. The van der Waals surface area contributed by atoms with E-state index in [1.165, 1.54) is 0 Å². The van der Waals surface area contributed by atoms with Crippen LogP contribution in [0, 0.1) is 0 Å². The van der Waals surface area contributed by atoms with E-state index < -0.39 is 0 Å². The van der Waals surface area contributed by atoms with Crippen molar-refractivity contribution in [2.24, 2.45) is 5.73 Å². The Morgan fingerprint density at radius 2 is 2.00 bits per heavy atom. The van der Waals surface area contributed by atoms with Gasteiger partial charge in [-0.15, -0.1) is 0 Å². The lowest BCUT2D eigenvalue weighted by Gasteiger charge is -2.12. The maximum absolute atomic E-state index is 5.59. The Kier molecular flexibility index (Phi) is 3.22. The highest BCUT2D eigenvalue weighted by Crippen LogP contribution is 2.18. The molecule has 1 atom stereocenters. The van der Waals surface area contributed by atoms with Crippen molar-refractivity contribution >= 4 is 0 Å². The number of hydrogen-bond donors (Lipinski definition) is 1. The third-order valence-corrected chi connectivity index (χ3v) is 2.08. The summed E-state index contributed by atoms with van der Waals surface area (Å²) in [6, 6.07) is 7.34. The van der Waals surface area contributed by atoms with E-state index in [1.54, 1.807) is 12.5 Å². The Hall–Kier alpha value is -1.52. The molecule has 2 rings (SSSR count). The van der Waals surface area contributed by atoms with Crippen LogP contribution in [0.25, 0.3) is 0 Å². The first-order valence-electron chi connectivity index (χ1n) is 4.77. The second-order valence-corrected chi connectivity index (χ2v) is 3.13. The molecule has 4 heteroatoms. The number of nitrogens with two attached hydrogens (primary N) is 1. The minimum absolute atomic E-state index is 0.218. The van der Waals surface area contributed by atoms with Gasteiger partial charge in [0.05, 0.1) is 12.5 Å². The zero-order chi connectivity index (χ0) is 10.5. The predicted molar refractivity (Wildman–Crippen MR) is 54.0 cm³/mol. The van der Waals surface area contributed by atoms with Crippen LogP contribution in [0.3, 0.4) is 0 Å². The molecule has 0 aliphatic heterocycles. The average molecular weight is 207 g/mol. The van der Waals surface area contributed by atoms with Gasteiger partial charge in [-0.05, 0) is 24.3 Å². The van der Waals surface area contributed by atoms with Crippen LogP contribution in [0.5, 0.6) is 0 Å². The van der Waals surface area contributed by atoms with Crippen molar-refractivity contribution in [2.45, 2.75) is 12.7 Å². The highest BCUT2D eigenvalue weighted by Gasteiger charge is 2.13. The predicted octanol–water partition coefficient (Wildman–Crippen LogP) is 2.09. The van der Waals surface area contributed by atoms with Gasteiger partial charge < -0.3 is 19.3 Å². The van der Waals surface area contributed by atoms with E-state index in [-0.39, 0.29) is 6.10 Å². The third-order valence-electron chi connectivity index (χ3n) is 2.08. The van der Waals surface area contributed by atoms with Crippen LogP contribution in [0.4, 0.5) is 0 Å². The fourth-order valence-electron chi connectivity index (χ4n) is 1.32. The minimum atomic E-state index is -0.218. The summed E-state index contributed by atoms with van der Waals surface area (Å²) in [5.41, 5.74) is 5.59. The average Bonchev–Trinajstić information content (AvgIpc) is 2.90. The first-order valence-corrected chi connectivity index (χ1v) is 4.77. The molecule has 0 saturated heterocycles. The fraction of sp³-hybridized carbons (Fsp3) is 0.273. The molecule has 4 nitrogen and oxygen atoms in total. The maximum atomic E-state index is 5.59. The maximum Gasteiger partial charge on any atom is 0.133 e. The number of ether oxygens (including phenoxy) is 1. The zero-order valence-corrected chi connectivity index (χ0v) is 8.26. The van der Waals surface area contributed by atoms with Crippen molar-refractivity contribution in [2.75, 3.05) is 6.54 Å². The first-order chi connectivity index (χ1) is 7.40. The van der Waals surface area contributed by atoms with Crippen LogP contribution in [0.1, 0.15) is 17.6 Å². The van der Waals surface area contributed by atoms with Crippen molar-refractivity contribution in [1.29, 1.82) is 0 Å². The van der Waals surface area contributed by atoms with Gasteiger partial charge in [0, 0.05) is 6.54 Å². The van der Waals surface area contributed by atoms with Gasteiger partial charge in [-0.25, -0.2) is 0 Å². The Labute approximate surface area is 87.6 Å². The van der Waals surface area contributed by atoms with Gasteiger partial charge in [-0.3, -0.25) is 0 Å². The molecular weight excluding hydrogens is 194 g/mol. The van der Waals surface area contributed by atoms with Gasteiger partial charge in [0.1, 0.15) is 24.2 Å². The molecule has 0 aliphatic rings. The van der Waals surface area contributed by atoms with Crippen molar-refractivity contribution in [1.82, 2.24) is 0 Å². The quantitative estimate of drug-likeness (QED) is 0.815. The number of furan rings is 2. The highest BCUT2D eigenvalue weighted by molar-refractivity contribution is 5.03. The molecule has 2 aromatic rings. The van der Waals surface area contributed by atoms with E-state index in [1.807, 2.05) is 24.3 Å². The molecule has 15 heavy (non-hydrogen) atoms. The lowest BCUT2D eigenvalue weighted by Crippen LogP contribution is -2.15. The van der Waals surface area contributed by atoms with Crippen LogP contribution >= 0.6 is 0 Å². The first kappa shape index (κ1) is 10.0. The molecule has 80 valence electrons. The van der Waals surface area contributed by atoms with Crippen LogP contribution < -0.4 is 5.73 Å². The van der Waals surface area contributed by atoms with Crippen molar-refractivity contribution in [3.05, 3.63) is 48.3 Å². The van der Waals surface area contributed by atoms with E-state index in [2.05, 4.69) is 0 Å². The second-order valence-electron chi connectivity index (χ2n) is 3.13. The van der Waals surface area contributed by atoms with Crippen LogP contribution in [0.2, 0.25) is 0 Å². The molecule has 0 saturated carbocycles. The van der Waals surface area contributed by atoms with Crippen LogP contribution in [-0.4, -0.2) is 6.54 Å². The van der Waals surface area contributed by atoms with Gasteiger partial charge in [-0.2, -0.15) is 0 Å². The third kappa shape index (κ3) is 2.49. The monoisotopic (exact) mass is 207 g/mol. The largest absolute Gasteiger partial charge is 0.467 e. The molecule has 0 aromatic carbocycles. The Bertz CT molecular complexity index is 366. The summed E-state index contributed by atoms with van der Waals surface area (Å²) in [5.74, 6) is 1.52. The highest BCUT2D eigenvalue weighted by atomic mass is 16.5. The second kappa shape index (κ2) is 4.82.